The Hall–Kier alpha value is -1.39. The molecule has 2 aliphatic rings. The second-order valence-corrected chi connectivity index (χ2v) is 9.98. The van der Waals surface area contributed by atoms with Crippen LogP contribution in [0.2, 0.25) is 0 Å². The fourth-order valence-corrected chi connectivity index (χ4v) is 5.57. The fourth-order valence-electron chi connectivity index (χ4n) is 4.42. The van der Waals surface area contributed by atoms with E-state index in [4.69, 9.17) is 0 Å². The summed E-state index contributed by atoms with van der Waals surface area (Å²) in [6, 6.07) is 8.45. The monoisotopic (exact) mass is 404 g/mol. The number of nitrogens with zero attached hydrogens (tertiary/aromatic N) is 2. The third-order valence-electron chi connectivity index (χ3n) is 5.99. The molecule has 5 nitrogen and oxygen atoms in total. The Kier molecular flexibility index (Phi) is 7.16. The lowest BCUT2D eigenvalue weighted by Crippen LogP contribution is -2.67. The highest BCUT2D eigenvalue weighted by atomic mass is 32.2. The first-order valence-corrected chi connectivity index (χ1v) is 12.1. The maximum Gasteiger partial charge on any atom is 0.213 e. The van der Waals surface area contributed by atoms with Crippen LogP contribution in [-0.2, 0) is 10.0 Å². The number of unbranched alkanes of at least 4 members (excludes halogenated alkanes) is 1. The van der Waals surface area contributed by atoms with Gasteiger partial charge >= 0.3 is 0 Å². The third-order valence-corrected chi connectivity index (χ3v) is 7.84. The van der Waals surface area contributed by atoms with Crippen LogP contribution in [0.1, 0.15) is 56.6 Å². The van der Waals surface area contributed by atoms with E-state index < -0.39 is 10.0 Å². The van der Waals surface area contributed by atoms with Gasteiger partial charge in [-0.1, -0.05) is 30.9 Å². The molecule has 0 spiro atoms. The smallest absolute Gasteiger partial charge is 0.213 e. The van der Waals surface area contributed by atoms with Crippen molar-refractivity contribution in [3.8, 4) is 11.8 Å². The molecule has 6 heteroatoms. The molecule has 0 amide bonds. The van der Waals surface area contributed by atoms with Crippen molar-refractivity contribution in [3.05, 3.63) is 35.4 Å². The second kappa shape index (κ2) is 9.41. The zero-order chi connectivity index (χ0) is 20.1. The summed E-state index contributed by atoms with van der Waals surface area (Å²) >= 11 is 0. The van der Waals surface area contributed by atoms with E-state index in [2.05, 4.69) is 35.8 Å². The minimum atomic E-state index is -3.21. The van der Waals surface area contributed by atoms with Crippen LogP contribution in [0.3, 0.4) is 0 Å². The van der Waals surface area contributed by atoms with Crippen molar-refractivity contribution in [2.45, 2.75) is 57.5 Å². The molecule has 0 aromatic heterocycles. The summed E-state index contributed by atoms with van der Waals surface area (Å²) in [6.45, 7) is 5.95. The number of benzene rings is 1. The molecule has 0 unspecified atom stereocenters. The first-order chi connectivity index (χ1) is 13.5. The Morgan fingerprint density at radius 2 is 1.86 bits per heavy atom. The van der Waals surface area contributed by atoms with Crippen molar-refractivity contribution >= 4 is 10.0 Å². The predicted octanol–water partition coefficient (Wildman–Crippen LogP) is 2.41. The average Bonchev–Trinajstić information content (AvgIpc) is 2.68. The van der Waals surface area contributed by atoms with Gasteiger partial charge in [-0.3, -0.25) is 4.90 Å². The summed E-state index contributed by atoms with van der Waals surface area (Å²) in [6.07, 6.45) is 3.79. The molecule has 1 aromatic carbocycles. The normalized spacial score (nSPS) is 26.3. The van der Waals surface area contributed by atoms with E-state index in [0.717, 1.165) is 43.4 Å². The van der Waals surface area contributed by atoms with E-state index in [1.54, 1.807) is 11.2 Å². The van der Waals surface area contributed by atoms with Crippen molar-refractivity contribution in [1.29, 1.82) is 0 Å². The van der Waals surface area contributed by atoms with Crippen LogP contribution in [-0.4, -0.2) is 66.8 Å². The second-order valence-electron chi connectivity index (χ2n) is 7.72. The van der Waals surface area contributed by atoms with E-state index in [0.29, 0.717) is 13.1 Å². The summed E-state index contributed by atoms with van der Waals surface area (Å²) in [5.41, 5.74) is 2.16. The Morgan fingerprint density at radius 3 is 2.50 bits per heavy atom. The zero-order valence-corrected chi connectivity index (χ0v) is 17.8. The highest BCUT2D eigenvalue weighted by Gasteiger charge is 2.49. The van der Waals surface area contributed by atoms with E-state index in [-0.39, 0.29) is 30.4 Å². The molecule has 0 aliphatic carbocycles. The minimum absolute atomic E-state index is 0.0614. The lowest BCUT2D eigenvalue weighted by molar-refractivity contribution is -0.0553. The van der Waals surface area contributed by atoms with Crippen LogP contribution in [0.4, 0.5) is 0 Å². The quantitative estimate of drug-likeness (QED) is 0.766. The molecule has 0 saturated carbocycles. The lowest BCUT2D eigenvalue weighted by Gasteiger charge is -2.57. The van der Waals surface area contributed by atoms with Gasteiger partial charge in [0, 0.05) is 43.1 Å². The molecule has 28 heavy (non-hydrogen) atoms. The van der Waals surface area contributed by atoms with E-state index >= 15 is 0 Å². The minimum Gasteiger partial charge on any atom is -0.395 e. The highest BCUT2D eigenvalue weighted by molar-refractivity contribution is 7.89. The van der Waals surface area contributed by atoms with Crippen LogP contribution in [0.25, 0.3) is 0 Å². The third kappa shape index (κ3) is 4.44. The van der Waals surface area contributed by atoms with Crippen molar-refractivity contribution in [3.63, 3.8) is 0 Å². The SMILES string of the molecule is CCCC#Cc1ccc([C@@H]2[C@H]3CN(S(=O)(=O)CC)CCCCN3[C@H]2CO)cc1. The molecule has 2 aliphatic heterocycles. The van der Waals surface area contributed by atoms with Gasteiger partial charge in [-0.2, -0.15) is 0 Å². The first kappa shape index (κ1) is 21.3. The summed E-state index contributed by atoms with van der Waals surface area (Å²) < 4.78 is 26.7. The highest BCUT2D eigenvalue weighted by Crippen LogP contribution is 2.42. The zero-order valence-electron chi connectivity index (χ0n) is 17.0. The molecule has 3 atom stereocenters. The van der Waals surface area contributed by atoms with Crippen molar-refractivity contribution < 1.29 is 13.5 Å². The molecule has 2 saturated heterocycles. The first-order valence-electron chi connectivity index (χ1n) is 10.4. The van der Waals surface area contributed by atoms with Crippen molar-refractivity contribution in [2.75, 3.05) is 32.0 Å². The largest absolute Gasteiger partial charge is 0.395 e. The van der Waals surface area contributed by atoms with Crippen LogP contribution in [0.15, 0.2) is 24.3 Å². The topological polar surface area (TPSA) is 60.9 Å². The predicted molar refractivity (Wildman–Crippen MR) is 113 cm³/mol. The maximum atomic E-state index is 12.5. The van der Waals surface area contributed by atoms with E-state index in [1.165, 1.54) is 0 Å². The molecule has 154 valence electrons. The number of aliphatic hydroxyl groups excluding tert-OH is 1. The Bertz CT molecular complexity index is 810. The number of rotatable bonds is 5. The summed E-state index contributed by atoms with van der Waals surface area (Å²) in [4.78, 5) is 2.30. The Balaban J connectivity index is 1.82. The number of hydrogen-bond acceptors (Lipinski definition) is 4. The van der Waals surface area contributed by atoms with Crippen LogP contribution < -0.4 is 0 Å². The van der Waals surface area contributed by atoms with Gasteiger partial charge in [0.15, 0.2) is 0 Å². The number of aliphatic hydroxyl groups is 1. The Labute approximate surface area is 169 Å². The lowest BCUT2D eigenvalue weighted by atomic mass is 9.74. The molecule has 0 radical (unpaired) electrons. The van der Waals surface area contributed by atoms with Gasteiger partial charge < -0.3 is 5.11 Å². The van der Waals surface area contributed by atoms with Crippen molar-refractivity contribution in [1.82, 2.24) is 9.21 Å². The van der Waals surface area contributed by atoms with Gasteiger partial charge in [-0.15, -0.1) is 0 Å². The fraction of sp³-hybridized carbons (Fsp3) is 0.636. The van der Waals surface area contributed by atoms with E-state index in [9.17, 15) is 13.5 Å². The maximum absolute atomic E-state index is 12.5. The van der Waals surface area contributed by atoms with E-state index in [1.807, 2.05) is 12.1 Å². The van der Waals surface area contributed by atoms with Gasteiger partial charge in [0.1, 0.15) is 0 Å². The average molecular weight is 405 g/mol. The van der Waals surface area contributed by atoms with Gasteiger partial charge in [0.2, 0.25) is 10.0 Å². The van der Waals surface area contributed by atoms with Crippen LogP contribution in [0.5, 0.6) is 0 Å². The molecular formula is C22H32N2O3S. The van der Waals surface area contributed by atoms with Crippen LogP contribution >= 0.6 is 0 Å². The van der Waals surface area contributed by atoms with Gasteiger partial charge in [0.05, 0.1) is 12.4 Å². The van der Waals surface area contributed by atoms with Gasteiger partial charge in [-0.25, -0.2) is 12.7 Å². The summed E-state index contributed by atoms with van der Waals surface area (Å²) in [5.74, 6) is 6.64. The molecule has 1 aromatic rings. The summed E-state index contributed by atoms with van der Waals surface area (Å²) in [7, 11) is -3.21. The number of fused-ring (bicyclic) bond motifs is 1. The molecule has 2 heterocycles. The number of hydrogen-bond donors (Lipinski definition) is 1. The van der Waals surface area contributed by atoms with Gasteiger partial charge in [-0.05, 0) is 50.4 Å². The van der Waals surface area contributed by atoms with Gasteiger partial charge in [0.25, 0.3) is 0 Å². The van der Waals surface area contributed by atoms with Crippen molar-refractivity contribution in [2.24, 2.45) is 0 Å². The molecular weight excluding hydrogens is 372 g/mol. The number of sulfonamides is 1. The summed E-state index contributed by atoms with van der Waals surface area (Å²) in [5, 5.41) is 9.99. The molecule has 0 bridgehead atoms. The molecule has 2 fully saturated rings. The molecule has 3 rings (SSSR count). The standard InChI is InChI=1S/C22H32N2O3S/c1-3-5-6-9-18-10-12-19(13-11-18)22-20-16-23(28(26,27)4-2)14-7-8-15-24(20)21(22)17-25/h10-13,20-22,25H,3-5,7-8,14-17H2,1-2H3/t20-,21+,22-/m1/s1. The molecule has 1 N–H and O–H groups in total. The Morgan fingerprint density at radius 1 is 1.14 bits per heavy atom. The van der Waals surface area contributed by atoms with Crippen LogP contribution in [0, 0.1) is 11.8 Å².